The minimum Gasteiger partial charge on any atom is -0.341 e. The van der Waals surface area contributed by atoms with Crippen LogP contribution in [-0.4, -0.2) is 56.7 Å². The third-order valence-corrected chi connectivity index (χ3v) is 5.26. The molecule has 6 nitrogen and oxygen atoms in total. The topological polar surface area (TPSA) is 54.3 Å². The predicted octanol–water partition coefficient (Wildman–Crippen LogP) is 2.33. The molecule has 1 unspecified atom stereocenters. The van der Waals surface area contributed by atoms with E-state index < -0.39 is 0 Å². The second-order valence-electron chi connectivity index (χ2n) is 6.41. The van der Waals surface area contributed by atoms with Gasteiger partial charge in [-0.05, 0) is 26.3 Å². The molecular formula is C17H25N5OS. The van der Waals surface area contributed by atoms with Gasteiger partial charge in [-0.2, -0.15) is 5.10 Å². The molecule has 2 aromatic heterocycles. The van der Waals surface area contributed by atoms with Gasteiger partial charge in [-0.3, -0.25) is 14.4 Å². The van der Waals surface area contributed by atoms with E-state index in [-0.39, 0.29) is 11.9 Å². The van der Waals surface area contributed by atoms with E-state index in [9.17, 15) is 4.79 Å². The number of amides is 1. The summed E-state index contributed by atoms with van der Waals surface area (Å²) < 4.78 is 1.85. The highest BCUT2D eigenvalue weighted by Gasteiger charge is 2.21. The van der Waals surface area contributed by atoms with Crippen LogP contribution in [-0.2, 0) is 11.3 Å². The first-order chi connectivity index (χ1) is 11.6. The Hall–Kier alpha value is -1.73. The molecule has 0 saturated carbocycles. The Morgan fingerprint density at radius 1 is 1.33 bits per heavy atom. The number of carbonyl (C=O) groups excluding carboxylic acids is 1. The summed E-state index contributed by atoms with van der Waals surface area (Å²) in [6.07, 6.45) is 5.20. The average Bonchev–Trinajstić information content (AvgIpc) is 3.16. The molecule has 0 aromatic carbocycles. The van der Waals surface area contributed by atoms with Crippen molar-refractivity contribution in [3.8, 4) is 0 Å². The molecule has 1 amide bonds. The van der Waals surface area contributed by atoms with Crippen molar-refractivity contribution in [3.63, 3.8) is 0 Å². The third kappa shape index (κ3) is 4.42. The lowest BCUT2D eigenvalue weighted by molar-refractivity contribution is -0.131. The summed E-state index contributed by atoms with van der Waals surface area (Å²) in [6.45, 7) is 8.55. The van der Waals surface area contributed by atoms with Crippen LogP contribution >= 0.6 is 11.3 Å². The first-order valence-corrected chi connectivity index (χ1v) is 9.40. The van der Waals surface area contributed by atoms with E-state index in [0.717, 1.165) is 49.8 Å². The first-order valence-electron chi connectivity index (χ1n) is 8.52. The highest BCUT2D eigenvalue weighted by Crippen LogP contribution is 2.15. The third-order valence-electron chi connectivity index (χ3n) is 4.44. The maximum Gasteiger partial charge on any atom is 0.224 e. The monoisotopic (exact) mass is 347 g/mol. The molecule has 7 heteroatoms. The standard InChI is InChI=1S/C17H25N5OS/c1-14(22-8-3-5-18-22)11-17(23)21-7-4-6-20(9-10-21)12-16-13-24-15(2)19-16/h3,5,8,13-14H,4,6-7,9-12H2,1-2H3. The highest BCUT2D eigenvalue weighted by molar-refractivity contribution is 7.09. The summed E-state index contributed by atoms with van der Waals surface area (Å²) in [5, 5.41) is 7.47. The molecule has 0 N–H and O–H groups in total. The van der Waals surface area contributed by atoms with E-state index in [1.54, 1.807) is 17.5 Å². The van der Waals surface area contributed by atoms with Crippen molar-refractivity contribution in [3.05, 3.63) is 34.5 Å². The average molecular weight is 347 g/mol. The van der Waals surface area contributed by atoms with E-state index in [1.165, 1.54) is 0 Å². The number of aryl methyl sites for hydroxylation is 1. The number of nitrogens with zero attached hydrogens (tertiary/aromatic N) is 5. The number of thiazole rings is 1. The highest BCUT2D eigenvalue weighted by atomic mass is 32.1. The molecule has 2 aromatic rings. The van der Waals surface area contributed by atoms with Crippen LogP contribution in [0.15, 0.2) is 23.8 Å². The molecule has 1 fully saturated rings. The lowest BCUT2D eigenvalue weighted by Crippen LogP contribution is -2.36. The maximum atomic E-state index is 12.6. The zero-order valence-electron chi connectivity index (χ0n) is 14.4. The molecule has 1 atom stereocenters. The fourth-order valence-electron chi connectivity index (χ4n) is 3.11. The molecule has 0 aliphatic carbocycles. The Morgan fingerprint density at radius 3 is 2.92 bits per heavy atom. The molecule has 0 bridgehead atoms. The largest absolute Gasteiger partial charge is 0.341 e. The Morgan fingerprint density at radius 2 is 2.21 bits per heavy atom. The van der Waals surface area contributed by atoms with Crippen LogP contribution in [0.5, 0.6) is 0 Å². The Balaban J connectivity index is 1.50. The van der Waals surface area contributed by atoms with Gasteiger partial charge in [0, 0.05) is 56.9 Å². The van der Waals surface area contributed by atoms with Gasteiger partial charge >= 0.3 is 0 Å². The van der Waals surface area contributed by atoms with Gasteiger partial charge in [-0.15, -0.1) is 11.3 Å². The summed E-state index contributed by atoms with van der Waals surface area (Å²) in [6, 6.07) is 2.00. The summed E-state index contributed by atoms with van der Waals surface area (Å²) in [5.74, 6) is 0.226. The normalized spacial score (nSPS) is 17.7. The van der Waals surface area contributed by atoms with Crippen molar-refractivity contribution in [1.29, 1.82) is 0 Å². The van der Waals surface area contributed by atoms with Gasteiger partial charge in [-0.1, -0.05) is 0 Å². The van der Waals surface area contributed by atoms with Gasteiger partial charge in [0.1, 0.15) is 0 Å². The van der Waals surface area contributed by atoms with E-state index in [1.807, 2.05) is 35.7 Å². The zero-order valence-corrected chi connectivity index (χ0v) is 15.2. The van der Waals surface area contributed by atoms with Gasteiger partial charge in [-0.25, -0.2) is 4.98 Å². The lowest BCUT2D eigenvalue weighted by atomic mass is 10.2. The van der Waals surface area contributed by atoms with Gasteiger partial charge in [0.25, 0.3) is 0 Å². The van der Waals surface area contributed by atoms with Gasteiger partial charge in [0.05, 0.1) is 16.7 Å². The molecule has 3 rings (SSSR count). The number of hydrogen-bond donors (Lipinski definition) is 0. The molecule has 130 valence electrons. The van der Waals surface area contributed by atoms with Crippen LogP contribution in [0.25, 0.3) is 0 Å². The number of rotatable bonds is 5. The predicted molar refractivity (Wildman–Crippen MR) is 94.9 cm³/mol. The minimum atomic E-state index is 0.102. The second-order valence-corrected chi connectivity index (χ2v) is 7.47. The van der Waals surface area contributed by atoms with Crippen molar-refractivity contribution in [2.75, 3.05) is 26.2 Å². The maximum absolute atomic E-state index is 12.6. The fourth-order valence-corrected chi connectivity index (χ4v) is 3.71. The quantitative estimate of drug-likeness (QED) is 0.833. The van der Waals surface area contributed by atoms with Crippen LogP contribution in [0.4, 0.5) is 0 Å². The van der Waals surface area contributed by atoms with Crippen molar-refractivity contribution in [1.82, 2.24) is 24.6 Å². The lowest BCUT2D eigenvalue weighted by Gasteiger charge is -2.23. The summed E-state index contributed by atoms with van der Waals surface area (Å²) in [5.41, 5.74) is 1.14. The molecule has 24 heavy (non-hydrogen) atoms. The van der Waals surface area contributed by atoms with Crippen LogP contribution in [0.1, 0.15) is 36.5 Å². The van der Waals surface area contributed by atoms with Crippen LogP contribution in [0, 0.1) is 6.92 Å². The number of aromatic nitrogens is 3. The van der Waals surface area contributed by atoms with Gasteiger partial charge in [0.2, 0.25) is 5.91 Å². The van der Waals surface area contributed by atoms with Crippen LogP contribution < -0.4 is 0 Å². The Bertz CT molecular complexity index is 654. The molecular weight excluding hydrogens is 322 g/mol. The minimum absolute atomic E-state index is 0.102. The Kier molecular flexibility index (Phi) is 5.63. The number of hydrogen-bond acceptors (Lipinski definition) is 5. The first kappa shape index (κ1) is 17.1. The smallest absolute Gasteiger partial charge is 0.224 e. The van der Waals surface area contributed by atoms with E-state index >= 15 is 0 Å². The van der Waals surface area contributed by atoms with E-state index in [4.69, 9.17) is 0 Å². The summed E-state index contributed by atoms with van der Waals surface area (Å²) >= 11 is 1.70. The molecule has 1 aliphatic rings. The molecule has 0 spiro atoms. The number of carbonyl (C=O) groups is 1. The second kappa shape index (κ2) is 7.90. The Labute approximate surface area is 147 Å². The van der Waals surface area contributed by atoms with Crippen LogP contribution in [0.3, 0.4) is 0 Å². The molecule has 1 saturated heterocycles. The van der Waals surface area contributed by atoms with Gasteiger partial charge < -0.3 is 4.90 Å². The summed E-state index contributed by atoms with van der Waals surface area (Å²) in [4.78, 5) is 21.5. The van der Waals surface area contributed by atoms with Crippen LogP contribution in [0.2, 0.25) is 0 Å². The van der Waals surface area contributed by atoms with Crippen molar-refractivity contribution >= 4 is 17.2 Å². The van der Waals surface area contributed by atoms with Crippen molar-refractivity contribution in [2.45, 2.75) is 39.3 Å². The van der Waals surface area contributed by atoms with Crippen molar-refractivity contribution < 1.29 is 4.79 Å². The summed E-state index contributed by atoms with van der Waals surface area (Å²) in [7, 11) is 0. The van der Waals surface area contributed by atoms with Gasteiger partial charge in [0.15, 0.2) is 0 Å². The zero-order chi connectivity index (χ0) is 16.9. The van der Waals surface area contributed by atoms with Crippen molar-refractivity contribution in [2.24, 2.45) is 0 Å². The van der Waals surface area contributed by atoms with E-state index in [0.29, 0.717) is 6.42 Å². The molecule has 0 radical (unpaired) electrons. The fraction of sp³-hybridized carbons (Fsp3) is 0.588. The SMILES string of the molecule is Cc1nc(CN2CCCN(C(=O)CC(C)n3cccn3)CC2)cs1. The molecule has 1 aliphatic heterocycles. The van der Waals surface area contributed by atoms with E-state index in [2.05, 4.69) is 20.4 Å². The molecule has 3 heterocycles.